The van der Waals surface area contributed by atoms with Crippen LogP contribution in [0.5, 0.6) is 5.75 Å². The maximum Gasteiger partial charge on any atom is 0.115 e. The van der Waals surface area contributed by atoms with E-state index in [1.165, 1.54) is 25.7 Å². The Bertz CT molecular complexity index is 356. The summed E-state index contributed by atoms with van der Waals surface area (Å²) in [6, 6.07) is 8.14. The van der Waals surface area contributed by atoms with Crippen LogP contribution >= 0.6 is 11.8 Å². The predicted octanol–water partition coefficient (Wildman–Crippen LogP) is 3.16. The number of phenols is 1. The first-order valence-corrected chi connectivity index (χ1v) is 7.62. The van der Waals surface area contributed by atoms with E-state index in [2.05, 4.69) is 17.6 Å². The van der Waals surface area contributed by atoms with Gasteiger partial charge in [0.2, 0.25) is 0 Å². The Labute approximate surface area is 108 Å². The van der Waals surface area contributed by atoms with Crippen molar-refractivity contribution in [3.8, 4) is 5.75 Å². The molecule has 0 amide bonds. The van der Waals surface area contributed by atoms with E-state index in [-0.39, 0.29) is 0 Å². The summed E-state index contributed by atoms with van der Waals surface area (Å²) < 4.78 is 0. The molecule has 2 atom stereocenters. The third-order valence-electron chi connectivity index (χ3n) is 3.48. The topological polar surface area (TPSA) is 32.3 Å². The van der Waals surface area contributed by atoms with Crippen molar-refractivity contribution in [2.24, 2.45) is 0 Å². The van der Waals surface area contributed by atoms with Crippen molar-refractivity contribution in [2.75, 3.05) is 6.26 Å². The lowest BCUT2D eigenvalue weighted by Crippen LogP contribution is -2.39. The number of benzene rings is 1. The summed E-state index contributed by atoms with van der Waals surface area (Å²) in [6.45, 7) is 0.857. The summed E-state index contributed by atoms with van der Waals surface area (Å²) in [5, 5.41) is 13.8. The number of phenolic OH excluding ortho intramolecular Hbond substituents is 1. The molecule has 0 saturated heterocycles. The number of hydrogen-bond acceptors (Lipinski definition) is 3. The fourth-order valence-corrected chi connectivity index (χ4v) is 3.49. The van der Waals surface area contributed by atoms with Gasteiger partial charge in [-0.15, -0.1) is 0 Å². The quantitative estimate of drug-likeness (QED) is 0.862. The normalized spacial score (nSPS) is 24.8. The lowest BCUT2D eigenvalue weighted by atomic mass is 9.94. The van der Waals surface area contributed by atoms with Gasteiger partial charge in [-0.3, -0.25) is 0 Å². The van der Waals surface area contributed by atoms with Crippen LogP contribution in [0.25, 0.3) is 0 Å². The number of thioether (sulfide) groups is 1. The Kier molecular flexibility index (Phi) is 4.75. The summed E-state index contributed by atoms with van der Waals surface area (Å²) in [5.41, 5.74) is 1.16. The molecule has 0 heterocycles. The van der Waals surface area contributed by atoms with Crippen LogP contribution in [0, 0.1) is 0 Å². The fourth-order valence-electron chi connectivity index (χ4n) is 2.53. The Morgan fingerprint density at radius 3 is 2.94 bits per heavy atom. The molecule has 1 aromatic rings. The highest BCUT2D eigenvalue weighted by molar-refractivity contribution is 7.99. The second-order valence-electron chi connectivity index (χ2n) is 4.72. The van der Waals surface area contributed by atoms with E-state index in [9.17, 15) is 5.11 Å². The molecule has 1 aromatic carbocycles. The molecule has 2 unspecified atom stereocenters. The van der Waals surface area contributed by atoms with Crippen LogP contribution in [0.15, 0.2) is 24.3 Å². The molecule has 1 aliphatic carbocycles. The first-order valence-electron chi connectivity index (χ1n) is 6.33. The summed E-state index contributed by atoms with van der Waals surface area (Å²) in [6.07, 6.45) is 7.53. The standard InChI is InChI=1S/C14H21NOS/c1-17-14-8-3-2-7-13(14)15-10-11-5-4-6-12(16)9-11/h4-6,9,13-16H,2-3,7-8,10H2,1H3. The summed E-state index contributed by atoms with van der Waals surface area (Å²) in [5.74, 6) is 0.356. The number of nitrogens with one attached hydrogen (secondary N) is 1. The van der Waals surface area contributed by atoms with Crippen molar-refractivity contribution in [2.45, 2.75) is 43.5 Å². The van der Waals surface area contributed by atoms with E-state index in [4.69, 9.17) is 0 Å². The Morgan fingerprint density at radius 1 is 1.35 bits per heavy atom. The van der Waals surface area contributed by atoms with Gasteiger partial charge in [-0.25, -0.2) is 0 Å². The highest BCUT2D eigenvalue weighted by Gasteiger charge is 2.23. The Morgan fingerprint density at radius 2 is 2.18 bits per heavy atom. The van der Waals surface area contributed by atoms with Gasteiger partial charge in [0.05, 0.1) is 0 Å². The Balaban J connectivity index is 1.88. The van der Waals surface area contributed by atoms with Gasteiger partial charge < -0.3 is 10.4 Å². The molecule has 2 N–H and O–H groups in total. The van der Waals surface area contributed by atoms with Crippen molar-refractivity contribution >= 4 is 11.8 Å². The van der Waals surface area contributed by atoms with Gasteiger partial charge in [0.1, 0.15) is 5.75 Å². The summed E-state index contributed by atoms with van der Waals surface area (Å²) in [7, 11) is 0. The SMILES string of the molecule is CSC1CCCCC1NCc1cccc(O)c1. The van der Waals surface area contributed by atoms with Crippen LogP contribution in [0.4, 0.5) is 0 Å². The minimum Gasteiger partial charge on any atom is -0.508 e. The molecule has 2 nitrogen and oxygen atoms in total. The molecule has 94 valence electrons. The van der Waals surface area contributed by atoms with E-state index in [1.54, 1.807) is 6.07 Å². The van der Waals surface area contributed by atoms with Gasteiger partial charge in [-0.2, -0.15) is 11.8 Å². The van der Waals surface area contributed by atoms with Gasteiger partial charge in [-0.05, 0) is 36.8 Å². The van der Waals surface area contributed by atoms with Crippen molar-refractivity contribution < 1.29 is 5.11 Å². The Hall–Kier alpha value is -0.670. The zero-order valence-electron chi connectivity index (χ0n) is 10.4. The first kappa shape index (κ1) is 12.8. The van der Waals surface area contributed by atoms with E-state index in [1.807, 2.05) is 23.9 Å². The zero-order valence-corrected chi connectivity index (χ0v) is 11.2. The molecule has 0 aromatic heterocycles. The molecular weight excluding hydrogens is 230 g/mol. The molecule has 1 fully saturated rings. The van der Waals surface area contributed by atoms with Crippen LogP contribution < -0.4 is 5.32 Å². The molecule has 17 heavy (non-hydrogen) atoms. The highest BCUT2D eigenvalue weighted by atomic mass is 32.2. The molecule has 0 spiro atoms. The molecule has 1 aliphatic rings. The highest BCUT2D eigenvalue weighted by Crippen LogP contribution is 2.27. The van der Waals surface area contributed by atoms with E-state index < -0.39 is 0 Å². The van der Waals surface area contributed by atoms with Crippen LogP contribution in [-0.4, -0.2) is 22.7 Å². The maximum atomic E-state index is 9.42. The van der Waals surface area contributed by atoms with Gasteiger partial charge in [0.25, 0.3) is 0 Å². The summed E-state index contributed by atoms with van der Waals surface area (Å²) >= 11 is 1.98. The smallest absolute Gasteiger partial charge is 0.115 e. The van der Waals surface area contributed by atoms with Crippen LogP contribution in [-0.2, 0) is 6.54 Å². The first-order chi connectivity index (χ1) is 8.29. The van der Waals surface area contributed by atoms with Gasteiger partial charge in [0.15, 0.2) is 0 Å². The van der Waals surface area contributed by atoms with E-state index in [0.717, 1.165) is 17.4 Å². The molecule has 2 rings (SSSR count). The van der Waals surface area contributed by atoms with Crippen molar-refractivity contribution in [3.05, 3.63) is 29.8 Å². The van der Waals surface area contributed by atoms with Gasteiger partial charge in [-0.1, -0.05) is 25.0 Å². The molecule has 0 aliphatic heterocycles. The molecule has 0 radical (unpaired) electrons. The van der Waals surface area contributed by atoms with E-state index >= 15 is 0 Å². The number of rotatable bonds is 4. The lowest BCUT2D eigenvalue weighted by molar-refractivity contribution is 0.382. The molecule has 0 bridgehead atoms. The van der Waals surface area contributed by atoms with Crippen molar-refractivity contribution in [1.29, 1.82) is 0 Å². The fraction of sp³-hybridized carbons (Fsp3) is 0.571. The third-order valence-corrected chi connectivity index (χ3v) is 4.65. The minimum absolute atomic E-state index is 0.356. The number of hydrogen-bond donors (Lipinski definition) is 2. The van der Waals surface area contributed by atoms with E-state index in [0.29, 0.717) is 11.8 Å². The predicted molar refractivity (Wildman–Crippen MR) is 74.5 cm³/mol. The molecule has 3 heteroatoms. The second kappa shape index (κ2) is 6.31. The van der Waals surface area contributed by atoms with Crippen molar-refractivity contribution in [1.82, 2.24) is 5.32 Å². The number of aromatic hydroxyl groups is 1. The van der Waals surface area contributed by atoms with Crippen LogP contribution in [0.3, 0.4) is 0 Å². The van der Waals surface area contributed by atoms with Crippen LogP contribution in [0.1, 0.15) is 31.2 Å². The molecule has 1 saturated carbocycles. The average molecular weight is 251 g/mol. The third kappa shape index (κ3) is 3.65. The van der Waals surface area contributed by atoms with Gasteiger partial charge >= 0.3 is 0 Å². The molecular formula is C14H21NOS. The second-order valence-corrected chi connectivity index (χ2v) is 5.79. The summed E-state index contributed by atoms with van der Waals surface area (Å²) in [4.78, 5) is 0. The van der Waals surface area contributed by atoms with Crippen molar-refractivity contribution in [3.63, 3.8) is 0 Å². The lowest BCUT2D eigenvalue weighted by Gasteiger charge is -2.31. The zero-order chi connectivity index (χ0) is 12.1. The van der Waals surface area contributed by atoms with Gasteiger partial charge in [0, 0.05) is 17.8 Å². The largest absolute Gasteiger partial charge is 0.508 e. The van der Waals surface area contributed by atoms with Crippen LogP contribution in [0.2, 0.25) is 0 Å². The monoisotopic (exact) mass is 251 g/mol. The minimum atomic E-state index is 0.356. The maximum absolute atomic E-state index is 9.42. The average Bonchev–Trinajstić information content (AvgIpc) is 2.37.